The standard InChI is InChI=1S/C5H10N2/c1-5(4-7)2-3-6/h5H,4,6-7H2,1H3. The number of rotatable bonds is 1. The van der Waals surface area contributed by atoms with Gasteiger partial charge in [0.2, 0.25) is 0 Å². The molecule has 0 aliphatic carbocycles. The van der Waals surface area contributed by atoms with Gasteiger partial charge in [-0.1, -0.05) is 12.8 Å². The van der Waals surface area contributed by atoms with E-state index < -0.39 is 0 Å². The minimum atomic E-state index is 0.241. The molecule has 2 nitrogen and oxygen atoms in total. The number of hydrogen-bond acceptors (Lipinski definition) is 2. The molecule has 0 aromatic carbocycles. The van der Waals surface area contributed by atoms with Crippen molar-refractivity contribution in [2.45, 2.75) is 6.92 Å². The highest BCUT2D eigenvalue weighted by Gasteiger charge is 1.86. The van der Waals surface area contributed by atoms with Crippen LogP contribution in [0.25, 0.3) is 0 Å². The van der Waals surface area contributed by atoms with Gasteiger partial charge in [-0.2, -0.15) is 0 Å². The summed E-state index contributed by atoms with van der Waals surface area (Å²) in [7, 11) is 0. The molecule has 0 saturated carbocycles. The second kappa shape index (κ2) is 3.51. The van der Waals surface area contributed by atoms with E-state index in [4.69, 9.17) is 11.5 Å². The Bertz CT molecular complexity index is 88.0. The van der Waals surface area contributed by atoms with Crippen molar-refractivity contribution in [3.05, 3.63) is 0 Å². The highest BCUT2D eigenvalue weighted by Crippen LogP contribution is 1.82. The van der Waals surface area contributed by atoms with Crippen LogP contribution in [0, 0.1) is 17.9 Å². The van der Waals surface area contributed by atoms with E-state index in [0.29, 0.717) is 6.54 Å². The molecule has 40 valence electrons. The van der Waals surface area contributed by atoms with E-state index in [0.717, 1.165) is 0 Å². The average molecular weight is 98.1 g/mol. The Kier molecular flexibility index (Phi) is 3.17. The Labute approximate surface area is 43.9 Å². The van der Waals surface area contributed by atoms with Crippen LogP contribution in [0.4, 0.5) is 0 Å². The normalized spacial score (nSPS) is 11.7. The molecule has 1 unspecified atom stereocenters. The number of nitrogens with two attached hydrogens (primary N) is 2. The molecule has 0 heterocycles. The third-order valence-electron chi connectivity index (χ3n) is 0.683. The maximum Gasteiger partial charge on any atom is 0.0315 e. The van der Waals surface area contributed by atoms with Gasteiger partial charge in [-0.15, -0.1) is 0 Å². The lowest BCUT2D eigenvalue weighted by Gasteiger charge is -1.91. The second-order valence-electron chi connectivity index (χ2n) is 1.43. The van der Waals surface area contributed by atoms with Crippen LogP contribution in [0.1, 0.15) is 6.92 Å². The minimum absolute atomic E-state index is 0.241. The predicted molar refractivity (Wildman–Crippen MR) is 30.2 cm³/mol. The topological polar surface area (TPSA) is 52.0 Å². The summed E-state index contributed by atoms with van der Waals surface area (Å²) >= 11 is 0. The SMILES string of the molecule is CC(C#CN)CN. The Morgan fingerprint density at radius 2 is 2.29 bits per heavy atom. The summed E-state index contributed by atoms with van der Waals surface area (Å²) in [5.74, 6) is 2.94. The zero-order valence-corrected chi connectivity index (χ0v) is 4.44. The van der Waals surface area contributed by atoms with E-state index in [9.17, 15) is 0 Å². The quantitative estimate of drug-likeness (QED) is 0.343. The van der Waals surface area contributed by atoms with E-state index in [1.165, 1.54) is 0 Å². The Morgan fingerprint density at radius 3 is 2.43 bits per heavy atom. The van der Waals surface area contributed by atoms with E-state index in [1.807, 2.05) is 6.92 Å². The Morgan fingerprint density at radius 1 is 1.71 bits per heavy atom. The second-order valence-corrected chi connectivity index (χ2v) is 1.43. The fourth-order valence-corrected chi connectivity index (χ4v) is 0.201. The van der Waals surface area contributed by atoms with Crippen molar-refractivity contribution < 1.29 is 0 Å². The molecule has 0 amide bonds. The van der Waals surface area contributed by atoms with Gasteiger partial charge in [-0.3, -0.25) is 0 Å². The summed E-state index contributed by atoms with van der Waals surface area (Å²) in [6, 6.07) is 2.29. The molecular weight excluding hydrogens is 88.1 g/mol. The van der Waals surface area contributed by atoms with Crippen molar-refractivity contribution in [1.29, 1.82) is 0 Å². The van der Waals surface area contributed by atoms with E-state index in [2.05, 4.69) is 12.0 Å². The van der Waals surface area contributed by atoms with Gasteiger partial charge >= 0.3 is 0 Å². The maximum absolute atomic E-state index is 5.20. The van der Waals surface area contributed by atoms with Crippen LogP contribution in [-0.4, -0.2) is 6.54 Å². The fraction of sp³-hybridized carbons (Fsp3) is 0.600. The van der Waals surface area contributed by atoms with Gasteiger partial charge in [0.25, 0.3) is 0 Å². The van der Waals surface area contributed by atoms with Crippen LogP contribution in [-0.2, 0) is 0 Å². The van der Waals surface area contributed by atoms with Crippen molar-refractivity contribution in [3.8, 4) is 12.0 Å². The lowest BCUT2D eigenvalue weighted by atomic mass is 10.2. The summed E-state index contributed by atoms with van der Waals surface area (Å²) in [6.07, 6.45) is 0. The molecule has 0 aromatic heterocycles. The van der Waals surface area contributed by atoms with Crippen LogP contribution in [0.15, 0.2) is 0 Å². The van der Waals surface area contributed by atoms with Gasteiger partial charge in [0, 0.05) is 18.5 Å². The zero-order chi connectivity index (χ0) is 5.70. The van der Waals surface area contributed by atoms with Crippen LogP contribution in [0.2, 0.25) is 0 Å². The highest BCUT2D eigenvalue weighted by molar-refractivity contribution is 4.98. The molecule has 7 heavy (non-hydrogen) atoms. The average Bonchev–Trinajstić information content (AvgIpc) is 1.68. The lowest BCUT2D eigenvalue weighted by molar-refractivity contribution is 0.766. The van der Waals surface area contributed by atoms with Crippen molar-refractivity contribution in [1.82, 2.24) is 0 Å². The van der Waals surface area contributed by atoms with Gasteiger partial charge in [-0.25, -0.2) is 0 Å². The summed E-state index contributed by atoms with van der Waals surface area (Å²) in [6.45, 7) is 2.52. The summed E-state index contributed by atoms with van der Waals surface area (Å²) in [5, 5.41) is 0. The molecule has 0 bridgehead atoms. The van der Waals surface area contributed by atoms with E-state index >= 15 is 0 Å². The largest absolute Gasteiger partial charge is 0.359 e. The number of hydrogen-bond donors (Lipinski definition) is 2. The molecule has 0 radical (unpaired) electrons. The molecule has 4 N–H and O–H groups in total. The van der Waals surface area contributed by atoms with Gasteiger partial charge in [-0.05, 0) is 0 Å². The molecule has 0 aliphatic heterocycles. The first-order valence-electron chi connectivity index (χ1n) is 2.22. The lowest BCUT2D eigenvalue weighted by Crippen LogP contribution is -2.08. The van der Waals surface area contributed by atoms with Gasteiger partial charge in [0.1, 0.15) is 0 Å². The van der Waals surface area contributed by atoms with Crippen LogP contribution >= 0.6 is 0 Å². The van der Waals surface area contributed by atoms with Gasteiger partial charge < -0.3 is 11.5 Å². The first-order valence-corrected chi connectivity index (χ1v) is 2.22. The van der Waals surface area contributed by atoms with Crippen molar-refractivity contribution in [2.24, 2.45) is 17.4 Å². The molecule has 0 saturated heterocycles. The monoisotopic (exact) mass is 98.1 g/mol. The smallest absolute Gasteiger partial charge is 0.0315 e. The van der Waals surface area contributed by atoms with Crippen molar-refractivity contribution >= 4 is 0 Å². The molecule has 0 rings (SSSR count). The van der Waals surface area contributed by atoms with Crippen molar-refractivity contribution in [3.63, 3.8) is 0 Å². The third-order valence-corrected chi connectivity index (χ3v) is 0.683. The first kappa shape index (κ1) is 6.32. The summed E-state index contributed by atoms with van der Waals surface area (Å²) in [5.41, 5.74) is 10.1. The fourth-order valence-electron chi connectivity index (χ4n) is 0.201. The predicted octanol–water partition coefficient (Wildman–Crippen LogP) is -0.499. The summed E-state index contributed by atoms with van der Waals surface area (Å²) in [4.78, 5) is 0. The minimum Gasteiger partial charge on any atom is -0.359 e. The first-order chi connectivity index (χ1) is 3.31. The third kappa shape index (κ3) is 3.14. The maximum atomic E-state index is 5.20. The van der Waals surface area contributed by atoms with Gasteiger partial charge in [0.15, 0.2) is 0 Å². The van der Waals surface area contributed by atoms with E-state index in [-0.39, 0.29) is 5.92 Å². The van der Waals surface area contributed by atoms with Crippen molar-refractivity contribution in [2.75, 3.05) is 6.54 Å². The highest BCUT2D eigenvalue weighted by atomic mass is 14.5. The molecule has 2 heteroatoms. The van der Waals surface area contributed by atoms with E-state index in [1.54, 1.807) is 0 Å². The van der Waals surface area contributed by atoms with Gasteiger partial charge in [0.05, 0.1) is 0 Å². The molecule has 0 aliphatic rings. The molecular formula is C5H10N2. The Balaban J connectivity index is 3.29. The van der Waals surface area contributed by atoms with Crippen LogP contribution < -0.4 is 11.5 Å². The van der Waals surface area contributed by atoms with Crippen LogP contribution in [0.5, 0.6) is 0 Å². The Hall–Kier alpha value is -0.680. The van der Waals surface area contributed by atoms with Crippen LogP contribution in [0.3, 0.4) is 0 Å². The zero-order valence-electron chi connectivity index (χ0n) is 4.44. The molecule has 0 spiro atoms. The molecule has 0 fully saturated rings. The summed E-state index contributed by atoms with van der Waals surface area (Å²) < 4.78 is 0. The molecule has 0 aromatic rings. The molecule has 1 atom stereocenters.